The minimum atomic E-state index is 0.0568. The molecule has 0 aliphatic rings. The summed E-state index contributed by atoms with van der Waals surface area (Å²) >= 11 is 0. The summed E-state index contributed by atoms with van der Waals surface area (Å²) in [7, 11) is 0. The largest absolute Gasteiger partial charge is 0.508 e. The van der Waals surface area contributed by atoms with Crippen molar-refractivity contribution in [3.63, 3.8) is 0 Å². The smallest absolute Gasteiger partial charge is 0.115 e. The molecule has 2 aromatic carbocycles. The average Bonchev–Trinajstić information content (AvgIpc) is 2.59. The fraction of sp³-hybridized carbons (Fsp3) is 0.0909. The summed E-state index contributed by atoms with van der Waals surface area (Å²) in [6.45, 7) is 18.1. The van der Waals surface area contributed by atoms with Crippen LogP contribution >= 0.6 is 0 Å². The first-order valence-electron chi connectivity index (χ1n) is 7.75. The van der Waals surface area contributed by atoms with E-state index in [0.29, 0.717) is 12.1 Å². The molecule has 0 saturated carbocycles. The van der Waals surface area contributed by atoms with Crippen LogP contribution in [0.1, 0.15) is 34.7 Å². The Balaban J connectivity index is 2.22. The maximum Gasteiger partial charge on any atom is 0.115 e. The molecule has 0 saturated heterocycles. The average molecular weight is 317 g/mol. The second-order valence-corrected chi connectivity index (χ2v) is 5.72. The Morgan fingerprint density at radius 1 is 1.08 bits per heavy atom. The van der Waals surface area contributed by atoms with Crippen LogP contribution < -0.4 is 5.32 Å². The van der Waals surface area contributed by atoms with Crippen molar-refractivity contribution in [3.05, 3.63) is 96.6 Å². The molecule has 0 fully saturated rings. The minimum absolute atomic E-state index is 0.0568. The van der Waals surface area contributed by atoms with E-state index in [1.165, 1.54) is 0 Å². The summed E-state index contributed by atoms with van der Waals surface area (Å²) in [5.41, 5.74) is 6.64. The predicted octanol–water partition coefficient (Wildman–Crippen LogP) is 5.65. The van der Waals surface area contributed by atoms with E-state index in [2.05, 4.69) is 31.6 Å². The molecule has 0 spiro atoms. The third-order valence-corrected chi connectivity index (χ3v) is 3.90. The van der Waals surface area contributed by atoms with Crippen LogP contribution in [0.3, 0.4) is 0 Å². The fourth-order valence-electron chi connectivity index (χ4n) is 2.55. The van der Waals surface area contributed by atoms with Crippen LogP contribution in [0, 0.1) is 0 Å². The lowest BCUT2D eigenvalue weighted by molar-refractivity contribution is 0.514. The SMILES string of the molecule is C=Cc1ccccc1C(=C)NCc1ccc(C(=C)O)cc1C(=C)C. The Hall–Kier alpha value is -3.00. The van der Waals surface area contributed by atoms with Crippen LogP contribution in [-0.2, 0) is 6.54 Å². The number of aliphatic hydroxyl groups is 1. The van der Waals surface area contributed by atoms with Crippen molar-refractivity contribution in [2.24, 2.45) is 0 Å². The van der Waals surface area contributed by atoms with E-state index in [0.717, 1.165) is 33.5 Å². The van der Waals surface area contributed by atoms with E-state index < -0.39 is 0 Å². The number of hydrogen-bond donors (Lipinski definition) is 2. The van der Waals surface area contributed by atoms with Gasteiger partial charge in [0.1, 0.15) is 5.76 Å². The quantitative estimate of drug-likeness (QED) is 0.647. The van der Waals surface area contributed by atoms with Crippen LogP contribution in [0.25, 0.3) is 23.1 Å². The first-order valence-corrected chi connectivity index (χ1v) is 7.75. The lowest BCUT2D eigenvalue weighted by Crippen LogP contribution is -2.13. The Labute approximate surface area is 144 Å². The number of aliphatic hydroxyl groups excluding tert-OH is 1. The van der Waals surface area contributed by atoms with Crippen molar-refractivity contribution in [2.75, 3.05) is 0 Å². The van der Waals surface area contributed by atoms with E-state index in [-0.39, 0.29) is 5.76 Å². The van der Waals surface area contributed by atoms with Gasteiger partial charge in [0, 0.05) is 23.4 Å². The highest BCUT2D eigenvalue weighted by Gasteiger charge is 2.08. The second-order valence-electron chi connectivity index (χ2n) is 5.72. The topological polar surface area (TPSA) is 32.3 Å². The highest BCUT2D eigenvalue weighted by atomic mass is 16.3. The monoisotopic (exact) mass is 317 g/mol. The summed E-state index contributed by atoms with van der Waals surface area (Å²) in [6.07, 6.45) is 1.82. The molecule has 2 N–H and O–H groups in total. The van der Waals surface area contributed by atoms with E-state index in [1.807, 2.05) is 55.5 Å². The second kappa shape index (κ2) is 7.51. The molecule has 2 aromatic rings. The summed E-state index contributed by atoms with van der Waals surface area (Å²) in [6, 6.07) is 13.7. The zero-order valence-electron chi connectivity index (χ0n) is 14.1. The van der Waals surface area contributed by atoms with Crippen molar-refractivity contribution >= 4 is 23.1 Å². The molecule has 0 unspecified atom stereocenters. The Kier molecular flexibility index (Phi) is 5.43. The van der Waals surface area contributed by atoms with Gasteiger partial charge < -0.3 is 10.4 Å². The first-order chi connectivity index (χ1) is 11.4. The third-order valence-electron chi connectivity index (χ3n) is 3.90. The molecular formula is C22H23NO. The fourth-order valence-corrected chi connectivity index (χ4v) is 2.55. The molecule has 0 heterocycles. The third kappa shape index (κ3) is 3.85. The van der Waals surface area contributed by atoms with Gasteiger partial charge in [0.2, 0.25) is 0 Å². The highest BCUT2D eigenvalue weighted by molar-refractivity contribution is 5.72. The van der Waals surface area contributed by atoms with Crippen LogP contribution in [0.5, 0.6) is 0 Å². The van der Waals surface area contributed by atoms with Crippen LogP contribution in [0.2, 0.25) is 0 Å². The molecule has 0 radical (unpaired) electrons. The van der Waals surface area contributed by atoms with Crippen molar-refractivity contribution in [1.82, 2.24) is 5.32 Å². The summed E-state index contributed by atoms with van der Waals surface area (Å²) in [4.78, 5) is 0. The summed E-state index contributed by atoms with van der Waals surface area (Å²) in [5, 5.41) is 12.9. The van der Waals surface area contributed by atoms with E-state index >= 15 is 0 Å². The van der Waals surface area contributed by atoms with Crippen LogP contribution in [0.4, 0.5) is 0 Å². The Morgan fingerprint density at radius 3 is 2.42 bits per heavy atom. The van der Waals surface area contributed by atoms with Gasteiger partial charge in [-0.3, -0.25) is 0 Å². The van der Waals surface area contributed by atoms with Crippen molar-refractivity contribution < 1.29 is 5.11 Å². The van der Waals surface area contributed by atoms with Gasteiger partial charge in [0.15, 0.2) is 0 Å². The highest BCUT2D eigenvalue weighted by Crippen LogP contribution is 2.23. The molecule has 0 amide bonds. The Bertz CT molecular complexity index is 814. The van der Waals surface area contributed by atoms with E-state index in [1.54, 1.807) is 0 Å². The molecule has 0 bridgehead atoms. The van der Waals surface area contributed by atoms with Crippen LogP contribution in [-0.4, -0.2) is 5.11 Å². The van der Waals surface area contributed by atoms with Gasteiger partial charge >= 0.3 is 0 Å². The van der Waals surface area contributed by atoms with Gasteiger partial charge in [0.25, 0.3) is 0 Å². The lowest BCUT2D eigenvalue weighted by Gasteiger charge is -2.16. The van der Waals surface area contributed by atoms with Gasteiger partial charge in [-0.25, -0.2) is 0 Å². The Morgan fingerprint density at radius 2 is 1.79 bits per heavy atom. The molecule has 0 atom stereocenters. The van der Waals surface area contributed by atoms with E-state index in [9.17, 15) is 5.11 Å². The number of allylic oxidation sites excluding steroid dienone is 1. The first kappa shape index (κ1) is 17.4. The van der Waals surface area contributed by atoms with Gasteiger partial charge in [-0.2, -0.15) is 0 Å². The number of hydrogen-bond acceptors (Lipinski definition) is 2. The zero-order chi connectivity index (χ0) is 17.7. The van der Waals surface area contributed by atoms with Crippen LogP contribution in [0.15, 0.2) is 68.8 Å². The van der Waals surface area contributed by atoms with Crippen molar-refractivity contribution in [3.8, 4) is 0 Å². The molecule has 0 aliphatic heterocycles. The van der Waals surface area contributed by atoms with E-state index in [4.69, 9.17) is 0 Å². The maximum absolute atomic E-state index is 9.58. The summed E-state index contributed by atoms with van der Waals surface area (Å²) in [5.74, 6) is 0.0568. The summed E-state index contributed by atoms with van der Waals surface area (Å²) < 4.78 is 0. The van der Waals surface area contributed by atoms with Crippen molar-refractivity contribution in [1.29, 1.82) is 0 Å². The minimum Gasteiger partial charge on any atom is -0.508 e. The maximum atomic E-state index is 9.58. The number of nitrogens with one attached hydrogen (secondary N) is 1. The molecule has 2 rings (SSSR count). The molecule has 0 aromatic heterocycles. The molecule has 0 aliphatic carbocycles. The molecular weight excluding hydrogens is 294 g/mol. The normalized spacial score (nSPS) is 10.0. The molecule has 2 heteroatoms. The zero-order valence-corrected chi connectivity index (χ0v) is 14.1. The molecule has 24 heavy (non-hydrogen) atoms. The van der Waals surface area contributed by atoms with Crippen molar-refractivity contribution in [2.45, 2.75) is 13.5 Å². The lowest BCUT2D eigenvalue weighted by atomic mass is 9.98. The number of rotatable bonds is 7. The predicted molar refractivity (Wildman–Crippen MR) is 105 cm³/mol. The van der Waals surface area contributed by atoms with Gasteiger partial charge in [-0.1, -0.05) is 74.4 Å². The van der Waals surface area contributed by atoms with Gasteiger partial charge in [-0.05, 0) is 29.7 Å². The standard InChI is InChI=1S/C22H23NO/c1-6-18-9-7-8-10-21(18)16(4)23-14-20-12-11-19(17(5)24)13-22(20)15(2)3/h6-13,23-24H,1-2,4-5,14H2,3H3. The van der Waals surface area contributed by atoms with Gasteiger partial charge in [0.05, 0.1) is 0 Å². The van der Waals surface area contributed by atoms with Gasteiger partial charge in [-0.15, -0.1) is 0 Å². The molecule has 122 valence electrons. The number of benzene rings is 2. The molecule has 2 nitrogen and oxygen atoms in total.